The first kappa shape index (κ1) is 44.7. The van der Waals surface area contributed by atoms with Gasteiger partial charge in [0.25, 0.3) is 0 Å². The van der Waals surface area contributed by atoms with E-state index in [9.17, 15) is 5.11 Å². The van der Waals surface area contributed by atoms with Gasteiger partial charge in [-0.1, -0.05) is 56.0 Å². The molecule has 6 heterocycles. The number of aliphatic hydroxyl groups excluding tert-OH is 1. The van der Waals surface area contributed by atoms with Crippen molar-refractivity contribution in [2.75, 3.05) is 21.3 Å². The average Bonchev–Trinajstić information content (AvgIpc) is 4.17. The van der Waals surface area contributed by atoms with Crippen molar-refractivity contribution in [3.8, 4) is 67.6 Å². The van der Waals surface area contributed by atoms with E-state index in [1.54, 1.807) is 38.4 Å². The predicted molar refractivity (Wildman–Crippen MR) is 257 cm³/mol. The number of methoxy groups -OCH3 is 3. The quantitative estimate of drug-likeness (QED) is 0.133. The van der Waals surface area contributed by atoms with E-state index in [4.69, 9.17) is 34.4 Å². The van der Waals surface area contributed by atoms with Crippen LogP contribution in [-0.4, -0.2) is 75.2 Å². The standard InChI is InChI=1S/C26H25N5O2.C25H23N5O2.CH4/c1-17-14-23(21-9-6-5-8-19(21)16-32-3)31-26(28-17)25(18(2)29-31)22-11-10-20(15-24(22)33-4)30-13-7-12-27-30;1-16-13-22(20-8-5-4-7-18(20)15-31)30-25(27-16)24(17(2)28-30)21-10-9-19(14-23(21)32-3)29-12-6-11-26-29;/h5-15H,16H2,1-4H3;4-14,31H,15H2,1-3H3;1H4. The first-order valence-corrected chi connectivity index (χ1v) is 21.1. The van der Waals surface area contributed by atoms with Gasteiger partial charge in [0.05, 0.1) is 72.7 Å². The number of ether oxygens (including phenoxy) is 3. The number of aromatic nitrogens is 10. The smallest absolute Gasteiger partial charge is 0.164 e. The summed E-state index contributed by atoms with van der Waals surface area (Å²) in [5.74, 6) is 1.46. The molecule has 14 nitrogen and oxygen atoms in total. The van der Waals surface area contributed by atoms with E-state index in [0.717, 1.165) is 113 Å². The molecule has 10 aromatic rings. The van der Waals surface area contributed by atoms with Crippen molar-refractivity contribution in [1.29, 1.82) is 0 Å². The van der Waals surface area contributed by atoms with Gasteiger partial charge in [-0.2, -0.15) is 20.4 Å². The molecule has 0 atom stereocenters. The van der Waals surface area contributed by atoms with Crippen LogP contribution in [0.3, 0.4) is 0 Å². The lowest BCUT2D eigenvalue weighted by Crippen LogP contribution is -2.01. The Morgan fingerprint density at radius 1 is 0.530 bits per heavy atom. The average molecular weight is 881 g/mol. The number of benzene rings is 4. The van der Waals surface area contributed by atoms with Crippen LogP contribution in [0.4, 0.5) is 0 Å². The third-order valence-electron chi connectivity index (χ3n) is 11.3. The summed E-state index contributed by atoms with van der Waals surface area (Å²) in [7, 11) is 5.05. The molecule has 1 N–H and O–H groups in total. The molecule has 0 saturated carbocycles. The fraction of sp³-hybridized carbons (Fsp3) is 0.192. The SMILES string of the molecule is C.COCc1ccccc1-c1cc(C)nc2c(-c3ccc(-n4cccn4)cc3OC)c(C)nn12.COc1cc(-n2cccn2)ccc1-c1c(C)nn2c(-c3ccccc3CO)cc(C)nc12. The van der Waals surface area contributed by atoms with Crippen LogP contribution in [0.15, 0.2) is 134 Å². The van der Waals surface area contributed by atoms with E-state index < -0.39 is 0 Å². The van der Waals surface area contributed by atoms with E-state index in [-0.39, 0.29) is 14.0 Å². The molecule has 0 spiro atoms. The van der Waals surface area contributed by atoms with Crippen LogP contribution < -0.4 is 9.47 Å². The summed E-state index contributed by atoms with van der Waals surface area (Å²) >= 11 is 0. The molecule has 0 saturated heterocycles. The maximum absolute atomic E-state index is 9.86. The topological polar surface area (TPSA) is 144 Å². The lowest BCUT2D eigenvalue weighted by molar-refractivity contribution is 0.185. The van der Waals surface area contributed by atoms with Crippen LogP contribution in [0, 0.1) is 27.7 Å². The monoisotopic (exact) mass is 880 g/mol. The Bertz CT molecular complexity index is 3300. The summed E-state index contributed by atoms with van der Waals surface area (Å²) in [5, 5.41) is 28.2. The van der Waals surface area contributed by atoms with Gasteiger partial charge in [0.15, 0.2) is 11.3 Å². The van der Waals surface area contributed by atoms with Crippen molar-refractivity contribution in [2.24, 2.45) is 0 Å². The van der Waals surface area contributed by atoms with E-state index >= 15 is 0 Å². The number of aliphatic hydroxyl groups is 1. The number of hydrogen-bond donors (Lipinski definition) is 1. The zero-order valence-corrected chi connectivity index (χ0v) is 37.3. The molecule has 334 valence electrons. The lowest BCUT2D eigenvalue weighted by Gasteiger charge is -2.13. The van der Waals surface area contributed by atoms with Gasteiger partial charge in [-0.3, -0.25) is 0 Å². The molecule has 4 aromatic carbocycles. The van der Waals surface area contributed by atoms with Crippen LogP contribution in [0.1, 0.15) is 41.3 Å². The zero-order valence-electron chi connectivity index (χ0n) is 37.3. The van der Waals surface area contributed by atoms with Crippen molar-refractivity contribution in [1.82, 2.24) is 48.8 Å². The Morgan fingerprint density at radius 3 is 1.41 bits per heavy atom. The summed E-state index contributed by atoms with van der Waals surface area (Å²) in [6.45, 7) is 8.43. The Balaban J connectivity index is 0.000000177. The number of aryl methyl sites for hydroxylation is 4. The maximum atomic E-state index is 9.86. The molecule has 14 heteroatoms. The first-order chi connectivity index (χ1) is 31.7. The van der Waals surface area contributed by atoms with Gasteiger partial charge >= 0.3 is 0 Å². The minimum atomic E-state index is -0.0468. The van der Waals surface area contributed by atoms with Gasteiger partial charge < -0.3 is 19.3 Å². The molecule has 6 aromatic heterocycles. The van der Waals surface area contributed by atoms with Crippen LogP contribution in [-0.2, 0) is 18.0 Å². The summed E-state index contributed by atoms with van der Waals surface area (Å²) in [4.78, 5) is 9.71. The van der Waals surface area contributed by atoms with Crippen molar-refractivity contribution in [2.45, 2.75) is 48.3 Å². The normalized spacial score (nSPS) is 11.1. The van der Waals surface area contributed by atoms with Gasteiger partial charge in [0, 0.05) is 77.7 Å². The highest BCUT2D eigenvalue weighted by Gasteiger charge is 2.23. The van der Waals surface area contributed by atoms with E-state index in [1.807, 2.05) is 145 Å². The zero-order chi connectivity index (χ0) is 45.2. The Morgan fingerprint density at radius 2 is 0.985 bits per heavy atom. The minimum Gasteiger partial charge on any atom is -0.496 e. The fourth-order valence-corrected chi connectivity index (χ4v) is 8.36. The molecule has 0 amide bonds. The molecule has 0 fully saturated rings. The molecule has 0 aliphatic heterocycles. The summed E-state index contributed by atoms with van der Waals surface area (Å²) in [5.41, 5.74) is 16.4. The summed E-state index contributed by atoms with van der Waals surface area (Å²) in [6.07, 6.45) is 7.30. The lowest BCUT2D eigenvalue weighted by atomic mass is 10.0. The highest BCUT2D eigenvalue weighted by Crippen LogP contribution is 2.40. The first-order valence-electron chi connectivity index (χ1n) is 21.1. The number of hydrogen-bond acceptors (Lipinski definition) is 10. The molecule has 0 bridgehead atoms. The van der Waals surface area contributed by atoms with E-state index in [2.05, 4.69) is 28.4 Å². The summed E-state index contributed by atoms with van der Waals surface area (Å²) in [6, 6.07) is 35.9. The highest BCUT2D eigenvalue weighted by atomic mass is 16.5. The second kappa shape index (κ2) is 19.0. The van der Waals surface area contributed by atoms with Gasteiger partial charge in [-0.05, 0) is 87.4 Å². The van der Waals surface area contributed by atoms with Crippen molar-refractivity contribution >= 4 is 11.3 Å². The van der Waals surface area contributed by atoms with E-state index in [0.29, 0.717) is 6.61 Å². The Hall–Kier alpha value is -7.94. The molecular formula is C52H52N10O4. The molecule has 0 radical (unpaired) electrons. The molecular weight excluding hydrogens is 829 g/mol. The number of rotatable bonds is 11. The second-order valence-corrected chi connectivity index (χ2v) is 15.5. The van der Waals surface area contributed by atoms with Gasteiger partial charge in [-0.25, -0.2) is 28.4 Å². The molecule has 0 aliphatic carbocycles. The van der Waals surface area contributed by atoms with E-state index in [1.165, 1.54) is 0 Å². The third kappa shape index (κ3) is 8.30. The van der Waals surface area contributed by atoms with Gasteiger partial charge in [0.1, 0.15) is 11.5 Å². The Kier molecular flexibility index (Phi) is 12.9. The van der Waals surface area contributed by atoms with Crippen molar-refractivity contribution in [3.05, 3.63) is 168 Å². The largest absolute Gasteiger partial charge is 0.496 e. The Labute approximate surface area is 383 Å². The minimum absolute atomic E-state index is 0. The molecule has 10 rings (SSSR count). The van der Waals surface area contributed by atoms with Crippen molar-refractivity contribution < 1.29 is 19.3 Å². The second-order valence-electron chi connectivity index (χ2n) is 15.5. The maximum Gasteiger partial charge on any atom is 0.164 e. The fourth-order valence-electron chi connectivity index (χ4n) is 8.36. The van der Waals surface area contributed by atoms with Crippen LogP contribution in [0.2, 0.25) is 0 Å². The van der Waals surface area contributed by atoms with Crippen LogP contribution in [0.25, 0.3) is 67.4 Å². The van der Waals surface area contributed by atoms with Crippen LogP contribution in [0.5, 0.6) is 11.5 Å². The van der Waals surface area contributed by atoms with Gasteiger partial charge in [0.2, 0.25) is 0 Å². The molecule has 66 heavy (non-hydrogen) atoms. The summed E-state index contributed by atoms with van der Waals surface area (Å²) < 4.78 is 24.4. The predicted octanol–water partition coefficient (Wildman–Crippen LogP) is 10.0. The van der Waals surface area contributed by atoms with Gasteiger partial charge in [-0.15, -0.1) is 0 Å². The third-order valence-corrected chi connectivity index (χ3v) is 11.3. The van der Waals surface area contributed by atoms with Crippen molar-refractivity contribution in [3.63, 3.8) is 0 Å². The number of fused-ring (bicyclic) bond motifs is 2. The highest BCUT2D eigenvalue weighted by molar-refractivity contribution is 5.87. The molecule has 0 unspecified atom stereocenters. The molecule has 0 aliphatic rings. The van der Waals surface area contributed by atoms with Crippen LogP contribution >= 0.6 is 0 Å². The number of nitrogens with zero attached hydrogens (tertiary/aromatic N) is 10.